The molecule has 1 aromatic heterocycles. The smallest absolute Gasteiger partial charge is 0.0757 e. The fraction of sp³-hybridized carbons (Fsp3) is 0.417. The standard InChI is InChI=1S/C24H29N3/c1-2-9-19(10-3-1)24-23-21(20-11-4-5-12-22(20)25-23)13-18-27(24)17-8-16-26-14-6-7-15-26/h1-5,9-12,24-25H,6-8,13-18H2. The van der Waals surface area contributed by atoms with Gasteiger partial charge in [0, 0.05) is 29.7 Å². The molecule has 27 heavy (non-hydrogen) atoms. The number of benzene rings is 2. The monoisotopic (exact) mass is 359 g/mol. The summed E-state index contributed by atoms with van der Waals surface area (Å²) in [6.07, 6.45) is 5.18. The second-order valence-corrected chi connectivity index (χ2v) is 8.06. The van der Waals surface area contributed by atoms with Crippen molar-refractivity contribution in [2.24, 2.45) is 0 Å². The number of hydrogen-bond acceptors (Lipinski definition) is 2. The van der Waals surface area contributed by atoms with E-state index in [1.54, 1.807) is 0 Å². The van der Waals surface area contributed by atoms with Crippen molar-refractivity contribution in [2.75, 3.05) is 32.7 Å². The molecule has 1 saturated heterocycles. The van der Waals surface area contributed by atoms with Crippen molar-refractivity contribution in [3.05, 3.63) is 71.4 Å². The Balaban J connectivity index is 1.44. The average molecular weight is 360 g/mol. The highest BCUT2D eigenvalue weighted by molar-refractivity contribution is 5.85. The summed E-state index contributed by atoms with van der Waals surface area (Å²) in [6.45, 7) is 6.17. The Morgan fingerprint density at radius 1 is 0.852 bits per heavy atom. The maximum atomic E-state index is 3.77. The number of aromatic amines is 1. The molecule has 0 radical (unpaired) electrons. The van der Waals surface area contributed by atoms with Gasteiger partial charge in [0.25, 0.3) is 0 Å². The van der Waals surface area contributed by atoms with Gasteiger partial charge in [-0.05, 0) is 62.5 Å². The first-order valence-electron chi connectivity index (χ1n) is 10.5. The van der Waals surface area contributed by atoms with Crippen LogP contribution in [-0.4, -0.2) is 47.5 Å². The van der Waals surface area contributed by atoms with Crippen molar-refractivity contribution in [3.8, 4) is 0 Å². The molecule has 2 aliphatic heterocycles. The van der Waals surface area contributed by atoms with Gasteiger partial charge >= 0.3 is 0 Å². The van der Waals surface area contributed by atoms with E-state index in [9.17, 15) is 0 Å². The van der Waals surface area contributed by atoms with E-state index in [1.807, 2.05) is 0 Å². The Morgan fingerprint density at radius 2 is 1.63 bits per heavy atom. The molecule has 0 spiro atoms. The van der Waals surface area contributed by atoms with Gasteiger partial charge in [0.2, 0.25) is 0 Å². The van der Waals surface area contributed by atoms with E-state index < -0.39 is 0 Å². The van der Waals surface area contributed by atoms with Gasteiger partial charge in [0.05, 0.1) is 6.04 Å². The lowest BCUT2D eigenvalue weighted by Gasteiger charge is -2.36. The molecule has 140 valence electrons. The van der Waals surface area contributed by atoms with Crippen molar-refractivity contribution in [2.45, 2.75) is 31.7 Å². The predicted molar refractivity (Wildman–Crippen MR) is 112 cm³/mol. The summed E-state index contributed by atoms with van der Waals surface area (Å²) in [5, 5.41) is 1.41. The number of aromatic nitrogens is 1. The third-order valence-electron chi connectivity index (χ3n) is 6.37. The van der Waals surface area contributed by atoms with Crippen LogP contribution in [0.15, 0.2) is 54.6 Å². The molecule has 5 rings (SSSR count). The third-order valence-corrected chi connectivity index (χ3v) is 6.37. The number of nitrogens with zero attached hydrogens (tertiary/aromatic N) is 2. The van der Waals surface area contributed by atoms with E-state index in [4.69, 9.17) is 0 Å². The molecule has 1 unspecified atom stereocenters. The van der Waals surface area contributed by atoms with Gasteiger partial charge in [-0.15, -0.1) is 0 Å². The Morgan fingerprint density at radius 3 is 2.48 bits per heavy atom. The minimum atomic E-state index is 0.348. The molecular formula is C24H29N3. The molecule has 1 atom stereocenters. The van der Waals surface area contributed by atoms with E-state index in [-0.39, 0.29) is 0 Å². The fourth-order valence-electron chi connectivity index (χ4n) is 5.05. The minimum Gasteiger partial charge on any atom is -0.357 e. The molecule has 0 aliphatic carbocycles. The largest absolute Gasteiger partial charge is 0.357 e. The van der Waals surface area contributed by atoms with Gasteiger partial charge in [0.1, 0.15) is 0 Å². The normalized spacial score (nSPS) is 21.0. The lowest BCUT2D eigenvalue weighted by molar-refractivity contribution is 0.195. The maximum absolute atomic E-state index is 3.77. The second kappa shape index (κ2) is 7.49. The number of rotatable bonds is 5. The van der Waals surface area contributed by atoms with Crippen LogP contribution < -0.4 is 0 Å². The van der Waals surface area contributed by atoms with Gasteiger partial charge in [0.15, 0.2) is 0 Å². The van der Waals surface area contributed by atoms with Crippen LogP contribution in [0.1, 0.15) is 42.1 Å². The van der Waals surface area contributed by atoms with E-state index in [0.29, 0.717) is 6.04 Å². The molecule has 0 amide bonds. The highest BCUT2D eigenvalue weighted by atomic mass is 15.2. The zero-order valence-corrected chi connectivity index (χ0v) is 16.0. The van der Waals surface area contributed by atoms with Gasteiger partial charge in [-0.25, -0.2) is 0 Å². The molecule has 2 aromatic carbocycles. The van der Waals surface area contributed by atoms with E-state index in [2.05, 4.69) is 69.4 Å². The Labute approximate surface area is 162 Å². The van der Waals surface area contributed by atoms with Crippen LogP contribution in [0.4, 0.5) is 0 Å². The van der Waals surface area contributed by atoms with Crippen molar-refractivity contribution >= 4 is 10.9 Å². The van der Waals surface area contributed by atoms with Gasteiger partial charge in [-0.3, -0.25) is 4.90 Å². The van der Waals surface area contributed by atoms with E-state index in [1.165, 1.54) is 73.2 Å². The Bertz CT molecular complexity index is 892. The molecule has 3 heteroatoms. The zero-order chi connectivity index (χ0) is 18.1. The number of H-pyrrole nitrogens is 1. The van der Waals surface area contributed by atoms with Gasteiger partial charge < -0.3 is 9.88 Å². The van der Waals surface area contributed by atoms with Crippen molar-refractivity contribution in [3.63, 3.8) is 0 Å². The highest BCUT2D eigenvalue weighted by Crippen LogP contribution is 2.38. The molecule has 0 saturated carbocycles. The highest BCUT2D eigenvalue weighted by Gasteiger charge is 2.31. The third kappa shape index (κ3) is 3.30. The van der Waals surface area contributed by atoms with Crippen LogP contribution >= 0.6 is 0 Å². The summed E-state index contributed by atoms with van der Waals surface area (Å²) in [4.78, 5) is 9.11. The predicted octanol–water partition coefficient (Wildman–Crippen LogP) is 4.60. The summed E-state index contributed by atoms with van der Waals surface area (Å²) in [7, 11) is 0. The summed E-state index contributed by atoms with van der Waals surface area (Å²) in [5.74, 6) is 0. The first-order chi connectivity index (χ1) is 13.4. The quantitative estimate of drug-likeness (QED) is 0.719. The zero-order valence-electron chi connectivity index (χ0n) is 16.0. The number of hydrogen-bond donors (Lipinski definition) is 1. The first kappa shape index (κ1) is 17.0. The van der Waals surface area contributed by atoms with Crippen LogP contribution in [-0.2, 0) is 6.42 Å². The van der Waals surface area contributed by atoms with Crippen LogP contribution in [0, 0.1) is 0 Å². The Hall–Kier alpha value is -2.10. The number of fused-ring (bicyclic) bond motifs is 3. The van der Waals surface area contributed by atoms with E-state index >= 15 is 0 Å². The molecule has 1 fully saturated rings. The molecule has 0 bridgehead atoms. The molecule has 3 aromatic rings. The molecule has 3 nitrogen and oxygen atoms in total. The average Bonchev–Trinajstić information content (AvgIpc) is 3.36. The van der Waals surface area contributed by atoms with Crippen molar-refractivity contribution < 1.29 is 0 Å². The molecule has 3 heterocycles. The molecular weight excluding hydrogens is 330 g/mol. The summed E-state index contributed by atoms with van der Waals surface area (Å²) in [6, 6.07) is 20.2. The summed E-state index contributed by atoms with van der Waals surface area (Å²) >= 11 is 0. The Kier molecular flexibility index (Phi) is 4.73. The van der Waals surface area contributed by atoms with Crippen LogP contribution in [0.3, 0.4) is 0 Å². The summed E-state index contributed by atoms with van der Waals surface area (Å²) in [5.41, 5.74) is 5.62. The van der Waals surface area contributed by atoms with E-state index in [0.717, 1.165) is 13.0 Å². The van der Waals surface area contributed by atoms with Crippen molar-refractivity contribution in [1.82, 2.24) is 14.8 Å². The topological polar surface area (TPSA) is 22.3 Å². The van der Waals surface area contributed by atoms with Gasteiger partial charge in [-0.1, -0.05) is 48.5 Å². The van der Waals surface area contributed by atoms with Gasteiger partial charge in [-0.2, -0.15) is 0 Å². The first-order valence-corrected chi connectivity index (χ1v) is 10.5. The number of para-hydroxylation sites is 1. The number of nitrogens with one attached hydrogen (secondary N) is 1. The number of likely N-dealkylation sites (tertiary alicyclic amines) is 1. The fourth-order valence-corrected chi connectivity index (χ4v) is 5.05. The second-order valence-electron chi connectivity index (χ2n) is 8.06. The van der Waals surface area contributed by atoms with Crippen molar-refractivity contribution in [1.29, 1.82) is 0 Å². The lowest BCUT2D eigenvalue weighted by atomic mass is 9.92. The van der Waals surface area contributed by atoms with Crippen LogP contribution in [0.2, 0.25) is 0 Å². The minimum absolute atomic E-state index is 0.348. The van der Waals surface area contributed by atoms with Crippen LogP contribution in [0.5, 0.6) is 0 Å². The SMILES string of the molecule is c1ccc(C2c3[nH]c4ccccc4c3CCN2CCCN2CCCC2)cc1. The summed E-state index contributed by atoms with van der Waals surface area (Å²) < 4.78 is 0. The lowest BCUT2D eigenvalue weighted by Crippen LogP contribution is -2.38. The van der Waals surface area contributed by atoms with Crippen LogP contribution in [0.25, 0.3) is 10.9 Å². The molecule has 1 N–H and O–H groups in total. The molecule has 2 aliphatic rings. The maximum Gasteiger partial charge on any atom is 0.0757 e.